The number of carbonyl (C=O) groups is 3. The summed E-state index contributed by atoms with van der Waals surface area (Å²) in [6.45, 7) is 6.27. The summed E-state index contributed by atoms with van der Waals surface area (Å²) in [4.78, 5) is 42.0. The minimum absolute atomic E-state index is 0.0356. The number of carbonyl (C=O) groups excluding carboxylic acids is 3. The zero-order valence-corrected chi connectivity index (χ0v) is 23.4. The Morgan fingerprint density at radius 3 is 2.31 bits per heavy atom. The second-order valence-corrected chi connectivity index (χ2v) is 14.4. The number of ketones is 2. The normalized spacial score (nSPS) is 38.0. The lowest BCUT2D eigenvalue weighted by atomic mass is 9.70. The van der Waals surface area contributed by atoms with Crippen molar-refractivity contribution in [1.29, 1.82) is 0 Å². The van der Waals surface area contributed by atoms with Crippen molar-refractivity contribution in [1.82, 2.24) is 9.88 Å². The summed E-state index contributed by atoms with van der Waals surface area (Å²) in [5, 5.41) is -0.279. The molecule has 2 aliphatic carbocycles. The maximum absolute atomic E-state index is 12.6. The smallest absolute Gasteiger partial charge is 0.340 e. The number of rotatable bonds is 3. The minimum atomic E-state index is -4.24. The Kier molecular flexibility index (Phi) is 6.13. The molecule has 5 heterocycles. The third kappa shape index (κ3) is 4.09. The van der Waals surface area contributed by atoms with E-state index in [1.54, 1.807) is 6.20 Å². The van der Waals surface area contributed by atoms with Crippen LogP contribution in [0.1, 0.15) is 69.7 Å². The van der Waals surface area contributed by atoms with Crippen LogP contribution in [0.3, 0.4) is 0 Å². The number of nitrogens with zero attached hydrogens (tertiary/aromatic N) is 1. The number of H-pyrrole nitrogens is 1. The minimum Gasteiger partial charge on any atom is -0.459 e. The largest absolute Gasteiger partial charge is 0.459 e. The summed E-state index contributed by atoms with van der Waals surface area (Å²) >= 11 is 0. The first kappa shape index (κ1) is 26.7. The number of fused-ring (bicyclic) bond motifs is 4. The Morgan fingerprint density at radius 1 is 1.08 bits per heavy atom. The van der Waals surface area contributed by atoms with Crippen LogP contribution in [0.4, 0.5) is 0 Å². The predicted octanol–water partition coefficient (Wildman–Crippen LogP) is 3.79. The number of para-hydroxylation sites is 1. The molecule has 4 saturated heterocycles. The fraction of sp³-hybridized carbons (Fsp3) is 0.621. The Balaban J connectivity index is 0.000000159. The van der Waals surface area contributed by atoms with Gasteiger partial charge in [-0.25, -0.2) is 4.79 Å². The quantitative estimate of drug-likeness (QED) is 0.431. The van der Waals surface area contributed by atoms with E-state index in [-0.39, 0.29) is 35.1 Å². The Morgan fingerprint density at radius 2 is 1.74 bits per heavy atom. The number of esters is 1. The topological polar surface area (TPSA) is 134 Å². The monoisotopic (exact) mass is 556 g/mol. The highest BCUT2D eigenvalue weighted by Crippen LogP contribution is 2.64. The summed E-state index contributed by atoms with van der Waals surface area (Å²) in [7, 11) is -4.24. The number of aromatic amines is 1. The molecule has 1 aromatic carbocycles. The molecule has 6 bridgehead atoms. The van der Waals surface area contributed by atoms with Gasteiger partial charge in [0.2, 0.25) is 0 Å². The van der Waals surface area contributed by atoms with Gasteiger partial charge in [-0.15, -0.1) is 0 Å². The van der Waals surface area contributed by atoms with Gasteiger partial charge in [0.15, 0.2) is 5.78 Å². The molecule has 4 unspecified atom stereocenters. The van der Waals surface area contributed by atoms with Gasteiger partial charge in [0, 0.05) is 53.4 Å². The van der Waals surface area contributed by atoms with Crippen molar-refractivity contribution in [2.24, 2.45) is 22.7 Å². The lowest BCUT2D eigenvalue weighted by Crippen LogP contribution is -2.63. The second-order valence-electron chi connectivity index (χ2n) is 12.9. The van der Waals surface area contributed by atoms with Gasteiger partial charge in [-0.05, 0) is 43.1 Å². The fourth-order valence-corrected chi connectivity index (χ4v) is 9.64. The highest BCUT2D eigenvalue weighted by atomic mass is 32.2. The molecule has 4 aliphatic heterocycles. The molecule has 210 valence electrons. The lowest BCUT2D eigenvalue weighted by molar-refractivity contribution is -0.145. The first-order valence-corrected chi connectivity index (χ1v) is 15.4. The second kappa shape index (κ2) is 8.97. The average molecular weight is 557 g/mol. The molecule has 0 spiro atoms. The molecule has 6 aliphatic rings. The van der Waals surface area contributed by atoms with E-state index in [0.29, 0.717) is 36.4 Å². The van der Waals surface area contributed by atoms with Crippen molar-refractivity contribution in [3.63, 3.8) is 0 Å². The average Bonchev–Trinajstić information content (AvgIpc) is 3.43. The van der Waals surface area contributed by atoms with Gasteiger partial charge < -0.3 is 9.72 Å². The van der Waals surface area contributed by atoms with E-state index in [0.717, 1.165) is 43.0 Å². The summed E-state index contributed by atoms with van der Waals surface area (Å²) in [6.07, 6.45) is 6.73. The molecule has 39 heavy (non-hydrogen) atoms. The molecular weight excluding hydrogens is 520 g/mol. The maximum atomic E-state index is 12.6. The Bertz CT molecular complexity index is 1450. The maximum Gasteiger partial charge on any atom is 0.340 e. The number of Topliss-reactive ketones (excluding diaryl/α,β-unsaturated/α-hetero) is 2. The fourth-order valence-electron chi connectivity index (χ4n) is 8.22. The zero-order chi connectivity index (χ0) is 27.9. The van der Waals surface area contributed by atoms with Gasteiger partial charge in [0.25, 0.3) is 10.1 Å². The molecule has 9 nitrogen and oxygen atoms in total. The highest BCUT2D eigenvalue weighted by Gasteiger charge is 2.69. The van der Waals surface area contributed by atoms with Crippen LogP contribution >= 0.6 is 0 Å². The molecule has 2 saturated carbocycles. The van der Waals surface area contributed by atoms with E-state index in [9.17, 15) is 22.8 Å². The first-order chi connectivity index (χ1) is 18.3. The summed E-state index contributed by atoms with van der Waals surface area (Å²) < 4.78 is 37.3. The third-order valence-corrected chi connectivity index (χ3v) is 12.0. The Hall–Kier alpha value is -2.56. The van der Waals surface area contributed by atoms with Gasteiger partial charge >= 0.3 is 5.97 Å². The summed E-state index contributed by atoms with van der Waals surface area (Å²) in [5.74, 6) is -0.128. The third-order valence-electron chi connectivity index (χ3n) is 10.8. The molecular formula is C29H36N2O7S. The molecule has 8 rings (SSSR count). The standard InChI is InChI=1S/C19H20N2O3.C10H16O4S/c22-18-10-21-12-5-11(18)6-13(21)8-14(7-12)24-19(23)16-9-20-17-4-2-1-3-15(16)17;1-9(2)6-4-5-10(9,3)8(11)7(6)15(12,13)14/h1-4,9,11-14,20H,5-8,10H2;6-7H,4-5H2,1-3H3,(H,12,13,14)/t11-,12+,13-,14-;. The van der Waals surface area contributed by atoms with Crippen molar-refractivity contribution in [3.8, 4) is 0 Å². The van der Waals surface area contributed by atoms with Crippen LogP contribution in [0.15, 0.2) is 30.5 Å². The lowest BCUT2D eigenvalue weighted by Gasteiger charge is -2.54. The highest BCUT2D eigenvalue weighted by molar-refractivity contribution is 7.87. The molecule has 8 atom stereocenters. The Labute approximate surface area is 228 Å². The predicted molar refractivity (Wildman–Crippen MR) is 144 cm³/mol. The number of benzene rings is 1. The summed E-state index contributed by atoms with van der Waals surface area (Å²) in [5.41, 5.74) is 0.646. The van der Waals surface area contributed by atoms with Crippen LogP contribution < -0.4 is 0 Å². The number of ether oxygens (including phenoxy) is 1. The van der Waals surface area contributed by atoms with Crippen molar-refractivity contribution in [3.05, 3.63) is 36.0 Å². The van der Waals surface area contributed by atoms with E-state index in [1.165, 1.54) is 0 Å². The van der Waals surface area contributed by atoms with Gasteiger partial charge in [-0.2, -0.15) is 8.42 Å². The van der Waals surface area contributed by atoms with Crippen molar-refractivity contribution in [2.45, 2.75) is 82.7 Å². The SMILES string of the molecule is CC12CCC(C(S(=O)(=O)O)C1=O)C2(C)C.O=C(O[C@@H]1C[C@@H]2C[C@@H]3C[C@H](C1)N2CC3=O)c1c[nH]c2ccccc12. The van der Waals surface area contributed by atoms with E-state index < -0.39 is 20.8 Å². The van der Waals surface area contributed by atoms with Crippen LogP contribution in [-0.2, 0) is 24.4 Å². The summed E-state index contributed by atoms with van der Waals surface area (Å²) in [6, 6.07) is 8.58. The van der Waals surface area contributed by atoms with E-state index in [4.69, 9.17) is 9.29 Å². The van der Waals surface area contributed by atoms with Crippen LogP contribution in [0.2, 0.25) is 0 Å². The van der Waals surface area contributed by atoms with Crippen molar-refractivity contribution < 1.29 is 32.1 Å². The first-order valence-electron chi connectivity index (χ1n) is 13.9. The van der Waals surface area contributed by atoms with Crippen molar-refractivity contribution in [2.75, 3.05) is 6.54 Å². The van der Waals surface area contributed by atoms with Crippen LogP contribution in [0.25, 0.3) is 10.9 Å². The van der Waals surface area contributed by atoms with Crippen LogP contribution in [0.5, 0.6) is 0 Å². The molecule has 0 amide bonds. The molecule has 2 aromatic rings. The van der Waals surface area contributed by atoms with E-state index in [2.05, 4.69) is 9.88 Å². The number of piperidine rings is 4. The molecule has 1 aromatic heterocycles. The number of nitrogens with one attached hydrogen (secondary N) is 1. The molecule has 10 heteroatoms. The zero-order valence-electron chi connectivity index (χ0n) is 22.6. The number of hydrogen-bond donors (Lipinski definition) is 2. The van der Waals surface area contributed by atoms with Crippen LogP contribution in [0, 0.1) is 22.7 Å². The van der Waals surface area contributed by atoms with Gasteiger partial charge in [0.1, 0.15) is 17.1 Å². The van der Waals surface area contributed by atoms with Gasteiger partial charge in [0.05, 0.1) is 12.1 Å². The van der Waals surface area contributed by atoms with E-state index in [1.807, 2.05) is 45.0 Å². The van der Waals surface area contributed by atoms with Crippen molar-refractivity contribution >= 4 is 38.6 Å². The van der Waals surface area contributed by atoms with Crippen LogP contribution in [-0.4, -0.2) is 70.4 Å². The van der Waals surface area contributed by atoms with E-state index >= 15 is 0 Å². The van der Waals surface area contributed by atoms with Gasteiger partial charge in [-0.3, -0.25) is 19.0 Å². The molecule has 6 fully saturated rings. The molecule has 2 N–H and O–H groups in total. The number of aromatic nitrogens is 1. The number of hydrogen-bond acceptors (Lipinski definition) is 7. The van der Waals surface area contributed by atoms with Gasteiger partial charge in [-0.1, -0.05) is 39.0 Å². The molecule has 0 radical (unpaired) electrons.